The molecule has 0 bridgehead atoms. The van der Waals surface area contributed by atoms with Crippen molar-refractivity contribution in [2.45, 2.75) is 153 Å². The predicted molar refractivity (Wildman–Crippen MR) is 223 cm³/mol. The van der Waals surface area contributed by atoms with E-state index in [-0.39, 0.29) is 36.5 Å². The molecular formula is C44H76N2O10. The van der Waals surface area contributed by atoms with E-state index in [4.69, 9.17) is 21.7 Å². The number of carboxylic acid groups (broad SMARTS) is 2. The molecule has 12 N–H and O–H groups in total. The van der Waals surface area contributed by atoms with Crippen molar-refractivity contribution < 1.29 is 50.4 Å². The Kier molecular flexibility index (Phi) is 32.3. The Balaban J connectivity index is 0.000000942. The molecule has 0 unspecified atom stereocenters. The van der Waals surface area contributed by atoms with Gasteiger partial charge in [0.05, 0.1) is 36.6 Å². The SMILES string of the molecule is CC/C=C\C[C@H](O)/C=C/[C@@H]1[C@@H](C/C=C\CCCC(=O)O)[C@@H](O)C[C@H]1O.CC/C=C\C[C@H](O)/C=C/[C@@H]1[C@@H](C/C=C\CCCC(=O)O)[C@@H](O)C[C@H]1O.NCCCCN. The highest BCUT2D eigenvalue weighted by Gasteiger charge is 2.40. The summed E-state index contributed by atoms with van der Waals surface area (Å²) in [6, 6.07) is 0. The van der Waals surface area contributed by atoms with Gasteiger partial charge < -0.3 is 52.3 Å². The van der Waals surface area contributed by atoms with Gasteiger partial charge in [0.25, 0.3) is 0 Å². The van der Waals surface area contributed by atoms with Crippen LogP contribution >= 0.6 is 0 Å². The van der Waals surface area contributed by atoms with Crippen LogP contribution < -0.4 is 11.5 Å². The second-order valence-electron chi connectivity index (χ2n) is 14.6. The lowest BCUT2D eigenvalue weighted by molar-refractivity contribution is -0.138. The van der Waals surface area contributed by atoms with E-state index >= 15 is 0 Å². The van der Waals surface area contributed by atoms with Crippen molar-refractivity contribution in [1.82, 2.24) is 0 Å². The fraction of sp³-hybridized carbons (Fsp3) is 0.682. The number of allylic oxidation sites excluding steroid dienone is 6. The number of carbonyl (C=O) groups is 2. The predicted octanol–water partition coefficient (Wildman–Crippen LogP) is 5.32. The molecule has 2 saturated carbocycles. The lowest BCUT2D eigenvalue weighted by atomic mass is 9.89. The molecule has 12 heteroatoms. The first-order valence-corrected chi connectivity index (χ1v) is 20.7. The van der Waals surface area contributed by atoms with Gasteiger partial charge in [0.1, 0.15) is 0 Å². The van der Waals surface area contributed by atoms with Gasteiger partial charge in [-0.2, -0.15) is 0 Å². The molecule has 0 aliphatic heterocycles. The molecule has 0 aromatic heterocycles. The standard InChI is InChI=1S/2C20H32O5.C4H12N2/c2*1-2-3-6-9-15(21)12-13-17-16(18(22)14-19(17)23)10-7-4-5-8-11-20(24)25;5-3-1-2-4-6/h2*3-4,6-7,12-13,15-19,21-23H,2,5,8-11,14H2,1H3,(H,24,25);1-6H2/b2*6-3-,7-4-,13-12+;/t2*15-,16+,17+,18-,19+;/m00./s1. The summed E-state index contributed by atoms with van der Waals surface area (Å²) in [7, 11) is 0. The number of unbranched alkanes of at least 4 members (excludes halogenated alkanes) is 3. The molecule has 2 aliphatic rings. The topological polar surface area (TPSA) is 248 Å². The van der Waals surface area contributed by atoms with E-state index in [9.17, 15) is 40.2 Å². The molecule has 56 heavy (non-hydrogen) atoms. The summed E-state index contributed by atoms with van der Waals surface area (Å²) >= 11 is 0. The highest BCUT2D eigenvalue weighted by atomic mass is 16.4. The van der Waals surface area contributed by atoms with Crippen molar-refractivity contribution in [3.8, 4) is 0 Å². The zero-order valence-corrected chi connectivity index (χ0v) is 34.0. The largest absolute Gasteiger partial charge is 0.481 e. The summed E-state index contributed by atoms with van der Waals surface area (Å²) in [5.41, 5.74) is 10.3. The Morgan fingerprint density at radius 1 is 0.571 bits per heavy atom. The third-order valence-electron chi connectivity index (χ3n) is 9.83. The number of rotatable bonds is 25. The van der Waals surface area contributed by atoms with Gasteiger partial charge in [0.15, 0.2) is 0 Å². The van der Waals surface area contributed by atoms with E-state index in [0.717, 1.165) is 38.8 Å². The molecule has 0 heterocycles. The molecule has 0 aromatic rings. The summed E-state index contributed by atoms with van der Waals surface area (Å²) in [4.78, 5) is 20.9. The Morgan fingerprint density at radius 3 is 1.27 bits per heavy atom. The highest BCUT2D eigenvalue weighted by Crippen LogP contribution is 2.37. The summed E-state index contributed by atoms with van der Waals surface area (Å²) in [5.74, 6) is -2.10. The van der Waals surface area contributed by atoms with Gasteiger partial charge in [0.2, 0.25) is 0 Å². The second kappa shape index (κ2) is 34.1. The number of hydrogen-bond donors (Lipinski definition) is 10. The summed E-state index contributed by atoms with van der Waals surface area (Å²) in [5, 5.41) is 77.7. The van der Waals surface area contributed by atoms with Crippen LogP contribution in [-0.4, -0.2) is 103 Å². The van der Waals surface area contributed by atoms with Crippen molar-refractivity contribution >= 4 is 11.9 Å². The fourth-order valence-electron chi connectivity index (χ4n) is 6.66. The molecule has 0 saturated heterocycles. The van der Waals surface area contributed by atoms with E-state index in [1.807, 2.05) is 74.6 Å². The van der Waals surface area contributed by atoms with Crippen LogP contribution in [0.3, 0.4) is 0 Å². The monoisotopic (exact) mass is 793 g/mol. The smallest absolute Gasteiger partial charge is 0.303 e. The number of aliphatic carboxylic acids is 2. The lowest BCUT2D eigenvalue weighted by Gasteiger charge is -2.19. The maximum Gasteiger partial charge on any atom is 0.303 e. The van der Waals surface area contributed by atoms with Crippen molar-refractivity contribution in [2.24, 2.45) is 35.1 Å². The maximum absolute atomic E-state index is 10.5. The quantitative estimate of drug-likeness (QED) is 0.0417. The van der Waals surface area contributed by atoms with Crippen LogP contribution in [-0.2, 0) is 9.59 Å². The molecule has 0 spiro atoms. The third kappa shape index (κ3) is 26.1. The molecular weight excluding hydrogens is 716 g/mol. The Hall–Kier alpha value is -2.94. The first-order chi connectivity index (χ1) is 26.8. The minimum Gasteiger partial charge on any atom is -0.481 e. The minimum absolute atomic E-state index is 0.0830. The lowest BCUT2D eigenvalue weighted by Crippen LogP contribution is -2.20. The molecule has 2 fully saturated rings. The van der Waals surface area contributed by atoms with Gasteiger partial charge in [-0.15, -0.1) is 0 Å². The molecule has 322 valence electrons. The van der Waals surface area contributed by atoms with E-state index in [1.54, 1.807) is 12.2 Å². The number of aliphatic hydroxyl groups excluding tert-OH is 6. The van der Waals surface area contributed by atoms with Gasteiger partial charge in [-0.3, -0.25) is 9.59 Å². The van der Waals surface area contributed by atoms with Crippen LogP contribution in [0.4, 0.5) is 0 Å². The number of carboxylic acids is 2. The first-order valence-electron chi connectivity index (χ1n) is 20.7. The van der Waals surface area contributed by atoms with E-state index in [0.29, 0.717) is 64.2 Å². The minimum atomic E-state index is -0.791. The van der Waals surface area contributed by atoms with Gasteiger partial charge in [-0.25, -0.2) is 0 Å². The van der Waals surface area contributed by atoms with Crippen LogP contribution in [0.2, 0.25) is 0 Å². The van der Waals surface area contributed by atoms with E-state index in [1.165, 1.54) is 0 Å². The van der Waals surface area contributed by atoms with Crippen LogP contribution in [0.25, 0.3) is 0 Å². The van der Waals surface area contributed by atoms with Gasteiger partial charge in [-0.1, -0.05) is 86.8 Å². The fourth-order valence-corrected chi connectivity index (χ4v) is 6.66. The summed E-state index contributed by atoms with van der Waals surface area (Å²) in [6.45, 7) is 5.62. The van der Waals surface area contributed by atoms with Gasteiger partial charge >= 0.3 is 11.9 Å². The van der Waals surface area contributed by atoms with Gasteiger partial charge in [-0.05, 0) is 102 Å². The Labute approximate surface area is 336 Å². The molecule has 2 rings (SSSR count). The highest BCUT2D eigenvalue weighted by molar-refractivity contribution is 5.66. The van der Waals surface area contributed by atoms with E-state index in [2.05, 4.69) is 0 Å². The average molecular weight is 793 g/mol. The summed E-state index contributed by atoms with van der Waals surface area (Å²) < 4.78 is 0. The van der Waals surface area contributed by atoms with Crippen molar-refractivity contribution in [2.75, 3.05) is 13.1 Å². The number of aliphatic hydroxyl groups is 6. The van der Waals surface area contributed by atoms with Crippen molar-refractivity contribution in [3.63, 3.8) is 0 Å². The van der Waals surface area contributed by atoms with Crippen LogP contribution in [0.1, 0.15) is 117 Å². The second-order valence-corrected chi connectivity index (χ2v) is 14.6. The average Bonchev–Trinajstić information content (AvgIpc) is 3.58. The Morgan fingerprint density at radius 2 is 0.946 bits per heavy atom. The first kappa shape index (κ1) is 53.1. The number of hydrogen-bond acceptors (Lipinski definition) is 10. The molecule has 2 aliphatic carbocycles. The maximum atomic E-state index is 10.5. The molecule has 0 radical (unpaired) electrons. The summed E-state index contributed by atoms with van der Waals surface area (Å²) in [6.07, 6.45) is 29.2. The Bertz CT molecular complexity index is 1100. The zero-order chi connectivity index (χ0) is 42.1. The van der Waals surface area contributed by atoms with Crippen LogP contribution in [0.15, 0.2) is 72.9 Å². The van der Waals surface area contributed by atoms with Crippen LogP contribution in [0, 0.1) is 23.7 Å². The zero-order valence-electron chi connectivity index (χ0n) is 34.0. The normalized spacial score (nSPS) is 26.4. The van der Waals surface area contributed by atoms with Crippen molar-refractivity contribution in [3.05, 3.63) is 72.9 Å². The van der Waals surface area contributed by atoms with E-state index < -0.39 is 48.6 Å². The number of nitrogens with two attached hydrogens (primary N) is 2. The van der Waals surface area contributed by atoms with Crippen LogP contribution in [0.5, 0.6) is 0 Å². The molecule has 10 atom stereocenters. The molecule has 0 amide bonds. The molecule has 0 aromatic carbocycles. The van der Waals surface area contributed by atoms with Crippen molar-refractivity contribution in [1.29, 1.82) is 0 Å². The third-order valence-corrected chi connectivity index (χ3v) is 9.83. The molecule has 12 nitrogen and oxygen atoms in total. The van der Waals surface area contributed by atoms with Gasteiger partial charge in [0, 0.05) is 37.5 Å².